The van der Waals surface area contributed by atoms with Crippen LogP contribution in [0.4, 0.5) is 10.3 Å². The van der Waals surface area contributed by atoms with Gasteiger partial charge in [0.05, 0.1) is 17.1 Å². The Balaban J connectivity index is 1.74. The maximum atomic E-state index is 13.6. The zero-order chi connectivity index (χ0) is 23.2. The molecule has 0 radical (unpaired) electrons. The van der Waals surface area contributed by atoms with Crippen molar-refractivity contribution in [3.63, 3.8) is 0 Å². The topological polar surface area (TPSA) is 58.4 Å². The highest BCUT2D eigenvalue weighted by atomic mass is 19.1. The van der Waals surface area contributed by atoms with E-state index in [0.29, 0.717) is 5.95 Å². The SMILES string of the molecule is CCCCCCNc1nccc(-c2c(-c3ccc(F)cc3)nc3cc(CN(C)C)ccn23)n1. The van der Waals surface area contributed by atoms with Crippen molar-refractivity contribution in [2.24, 2.45) is 0 Å². The summed E-state index contributed by atoms with van der Waals surface area (Å²) in [7, 11) is 4.09. The van der Waals surface area contributed by atoms with Gasteiger partial charge in [0, 0.05) is 31.0 Å². The largest absolute Gasteiger partial charge is 0.354 e. The minimum atomic E-state index is -0.270. The Kier molecular flexibility index (Phi) is 7.29. The van der Waals surface area contributed by atoms with Crippen LogP contribution in [-0.4, -0.2) is 44.9 Å². The van der Waals surface area contributed by atoms with Gasteiger partial charge in [-0.1, -0.05) is 26.2 Å². The molecule has 4 aromatic rings. The lowest BCUT2D eigenvalue weighted by atomic mass is 10.1. The Morgan fingerprint density at radius 3 is 2.58 bits per heavy atom. The first kappa shape index (κ1) is 22.9. The fraction of sp³-hybridized carbons (Fsp3) is 0.346. The van der Waals surface area contributed by atoms with Crippen LogP contribution >= 0.6 is 0 Å². The molecule has 0 aliphatic rings. The van der Waals surface area contributed by atoms with E-state index in [0.717, 1.165) is 47.8 Å². The summed E-state index contributed by atoms with van der Waals surface area (Å²) in [5.41, 5.74) is 5.25. The first-order valence-electron chi connectivity index (χ1n) is 11.5. The quantitative estimate of drug-likeness (QED) is 0.319. The molecular weight excluding hydrogens is 415 g/mol. The van der Waals surface area contributed by atoms with E-state index >= 15 is 0 Å². The van der Waals surface area contributed by atoms with E-state index in [1.54, 1.807) is 18.3 Å². The lowest BCUT2D eigenvalue weighted by Gasteiger charge is -2.10. The van der Waals surface area contributed by atoms with Crippen molar-refractivity contribution in [1.29, 1.82) is 0 Å². The fourth-order valence-corrected chi connectivity index (χ4v) is 3.93. The van der Waals surface area contributed by atoms with Crippen LogP contribution in [0.5, 0.6) is 0 Å². The molecule has 3 aromatic heterocycles. The molecule has 3 heterocycles. The second-order valence-electron chi connectivity index (χ2n) is 8.57. The second-order valence-corrected chi connectivity index (χ2v) is 8.57. The minimum absolute atomic E-state index is 0.270. The summed E-state index contributed by atoms with van der Waals surface area (Å²) in [6.45, 7) is 3.87. The number of aromatic nitrogens is 4. The van der Waals surface area contributed by atoms with Gasteiger partial charge in [-0.2, -0.15) is 0 Å². The van der Waals surface area contributed by atoms with Crippen LogP contribution in [0.25, 0.3) is 28.3 Å². The number of halogens is 1. The summed E-state index contributed by atoms with van der Waals surface area (Å²) < 4.78 is 15.6. The van der Waals surface area contributed by atoms with Gasteiger partial charge < -0.3 is 10.2 Å². The van der Waals surface area contributed by atoms with Crippen LogP contribution in [0.3, 0.4) is 0 Å². The highest BCUT2D eigenvalue weighted by molar-refractivity contribution is 5.80. The summed E-state index contributed by atoms with van der Waals surface area (Å²) in [6, 6.07) is 12.5. The van der Waals surface area contributed by atoms with Gasteiger partial charge in [0.15, 0.2) is 0 Å². The lowest BCUT2D eigenvalue weighted by Crippen LogP contribution is -2.10. The fourth-order valence-electron chi connectivity index (χ4n) is 3.93. The van der Waals surface area contributed by atoms with E-state index < -0.39 is 0 Å². The van der Waals surface area contributed by atoms with Gasteiger partial charge in [-0.15, -0.1) is 0 Å². The summed E-state index contributed by atoms with van der Waals surface area (Å²) in [5, 5.41) is 3.34. The van der Waals surface area contributed by atoms with E-state index in [2.05, 4.69) is 34.3 Å². The highest BCUT2D eigenvalue weighted by Gasteiger charge is 2.18. The molecule has 0 bridgehead atoms. The second kappa shape index (κ2) is 10.5. The Morgan fingerprint density at radius 2 is 1.82 bits per heavy atom. The molecule has 0 atom stereocenters. The Labute approximate surface area is 194 Å². The average molecular weight is 447 g/mol. The summed E-state index contributed by atoms with van der Waals surface area (Å²) in [6.07, 6.45) is 8.53. The van der Waals surface area contributed by atoms with Gasteiger partial charge in [0.2, 0.25) is 5.95 Å². The van der Waals surface area contributed by atoms with Gasteiger partial charge in [0.25, 0.3) is 0 Å². The van der Waals surface area contributed by atoms with Gasteiger partial charge in [0.1, 0.15) is 11.5 Å². The van der Waals surface area contributed by atoms with Crippen molar-refractivity contribution >= 4 is 11.6 Å². The number of rotatable bonds is 10. The molecular formula is C26H31FN6. The Hall–Kier alpha value is -3.32. The number of fused-ring (bicyclic) bond motifs is 1. The van der Waals surface area contributed by atoms with Gasteiger partial charge in [-0.3, -0.25) is 4.40 Å². The molecule has 0 spiro atoms. The first-order chi connectivity index (χ1) is 16.0. The number of unbranched alkanes of at least 4 members (excludes halogenated alkanes) is 3. The highest BCUT2D eigenvalue weighted by Crippen LogP contribution is 2.32. The standard InChI is InChI=1S/C26H31FN6/c1-4-5-6-7-14-28-26-29-15-12-22(30-26)25-24(20-8-10-21(27)11-9-20)31-23-17-19(18-32(2)3)13-16-33(23)25/h8-13,15-17H,4-7,14,18H2,1-3H3,(H,28,29,30). The van der Waals surface area contributed by atoms with Crippen molar-refractivity contribution in [2.45, 2.75) is 39.2 Å². The molecule has 0 unspecified atom stereocenters. The van der Waals surface area contributed by atoms with Crippen molar-refractivity contribution in [3.8, 4) is 22.6 Å². The number of nitrogens with one attached hydrogen (secondary N) is 1. The zero-order valence-electron chi connectivity index (χ0n) is 19.6. The Morgan fingerprint density at radius 1 is 1.00 bits per heavy atom. The summed E-state index contributed by atoms with van der Waals surface area (Å²) >= 11 is 0. The molecule has 0 fully saturated rings. The van der Waals surface area contributed by atoms with Gasteiger partial charge in [-0.05, 0) is 68.5 Å². The van der Waals surface area contributed by atoms with Gasteiger partial charge in [-0.25, -0.2) is 19.3 Å². The molecule has 0 saturated heterocycles. The predicted molar refractivity (Wildman–Crippen MR) is 132 cm³/mol. The average Bonchev–Trinajstić information content (AvgIpc) is 3.18. The molecule has 6 nitrogen and oxygen atoms in total. The van der Waals surface area contributed by atoms with E-state index in [1.807, 2.05) is 30.8 Å². The minimum Gasteiger partial charge on any atom is -0.354 e. The Bertz CT molecular complexity index is 1200. The maximum absolute atomic E-state index is 13.6. The van der Waals surface area contributed by atoms with Crippen molar-refractivity contribution in [2.75, 3.05) is 26.0 Å². The van der Waals surface area contributed by atoms with Crippen LogP contribution in [0.15, 0.2) is 54.9 Å². The molecule has 0 saturated carbocycles. The molecule has 4 rings (SSSR count). The lowest BCUT2D eigenvalue weighted by molar-refractivity contribution is 0.402. The molecule has 7 heteroatoms. The van der Waals surface area contributed by atoms with Crippen molar-refractivity contribution in [1.82, 2.24) is 24.3 Å². The number of pyridine rings is 1. The summed E-state index contributed by atoms with van der Waals surface area (Å²) in [5.74, 6) is 0.335. The molecule has 0 aliphatic carbocycles. The van der Waals surface area contributed by atoms with E-state index in [4.69, 9.17) is 9.97 Å². The number of nitrogens with zero attached hydrogens (tertiary/aromatic N) is 5. The van der Waals surface area contributed by atoms with E-state index in [9.17, 15) is 4.39 Å². The van der Waals surface area contributed by atoms with Crippen LogP contribution in [0, 0.1) is 5.82 Å². The molecule has 33 heavy (non-hydrogen) atoms. The summed E-state index contributed by atoms with van der Waals surface area (Å²) in [4.78, 5) is 16.2. The van der Waals surface area contributed by atoms with E-state index in [-0.39, 0.29) is 5.82 Å². The molecule has 0 aliphatic heterocycles. The third kappa shape index (κ3) is 5.54. The monoisotopic (exact) mass is 446 g/mol. The smallest absolute Gasteiger partial charge is 0.223 e. The van der Waals surface area contributed by atoms with Crippen LogP contribution in [0.1, 0.15) is 38.2 Å². The molecule has 172 valence electrons. The zero-order valence-corrected chi connectivity index (χ0v) is 19.6. The number of hydrogen-bond acceptors (Lipinski definition) is 5. The number of hydrogen-bond donors (Lipinski definition) is 1. The third-order valence-electron chi connectivity index (χ3n) is 5.52. The first-order valence-corrected chi connectivity index (χ1v) is 11.5. The van der Waals surface area contributed by atoms with Crippen LogP contribution in [0.2, 0.25) is 0 Å². The van der Waals surface area contributed by atoms with Gasteiger partial charge >= 0.3 is 0 Å². The molecule has 1 aromatic carbocycles. The maximum Gasteiger partial charge on any atom is 0.223 e. The predicted octanol–water partition coefficient (Wildman–Crippen LogP) is 5.65. The van der Waals surface area contributed by atoms with Crippen molar-refractivity contribution in [3.05, 3.63) is 66.2 Å². The number of imidazole rings is 1. The van der Waals surface area contributed by atoms with E-state index in [1.165, 1.54) is 37.0 Å². The van der Waals surface area contributed by atoms with Crippen LogP contribution in [-0.2, 0) is 6.54 Å². The molecule has 0 amide bonds. The molecule has 1 N–H and O–H groups in total. The number of anilines is 1. The third-order valence-corrected chi connectivity index (χ3v) is 5.52. The van der Waals surface area contributed by atoms with Crippen molar-refractivity contribution < 1.29 is 4.39 Å². The normalized spacial score (nSPS) is 11.4. The van der Waals surface area contributed by atoms with Crippen LogP contribution < -0.4 is 5.32 Å². The number of benzene rings is 1.